The Morgan fingerprint density at radius 3 is 2.56 bits per heavy atom. The maximum Gasteiger partial charge on any atom is 0.144 e. The number of nitrogens with zero attached hydrogens (tertiary/aromatic N) is 3. The van der Waals surface area contributed by atoms with Crippen LogP contribution in [0.3, 0.4) is 0 Å². The molecule has 0 spiro atoms. The Balaban J connectivity index is 2.14. The first-order valence-electron chi connectivity index (χ1n) is 6.88. The molecule has 0 amide bonds. The van der Waals surface area contributed by atoms with Gasteiger partial charge in [0.2, 0.25) is 0 Å². The minimum Gasteiger partial charge on any atom is -0.373 e. The second-order valence-electron chi connectivity index (χ2n) is 5.36. The Hall–Kier alpha value is -1.16. The van der Waals surface area contributed by atoms with Crippen molar-refractivity contribution in [1.29, 1.82) is 0 Å². The second kappa shape index (κ2) is 5.65. The lowest BCUT2D eigenvalue weighted by molar-refractivity contribution is 0.0922. The highest BCUT2D eigenvalue weighted by Gasteiger charge is 2.25. The number of piperidine rings is 1. The van der Waals surface area contributed by atoms with Crippen LogP contribution in [0, 0.1) is 6.92 Å². The minimum absolute atomic E-state index is 0.635. The maximum absolute atomic E-state index is 4.55. The SMILES string of the molecule is CNc1cc(C)nc(CN2C(C)CCCC2C)n1. The van der Waals surface area contributed by atoms with E-state index < -0.39 is 0 Å². The predicted molar refractivity (Wildman–Crippen MR) is 74.6 cm³/mol. The molecule has 1 aromatic rings. The molecule has 0 radical (unpaired) electrons. The van der Waals surface area contributed by atoms with E-state index in [0.717, 1.165) is 23.9 Å². The third-order valence-electron chi connectivity index (χ3n) is 3.86. The average Bonchev–Trinajstić information content (AvgIpc) is 2.33. The molecule has 0 aromatic carbocycles. The van der Waals surface area contributed by atoms with E-state index in [-0.39, 0.29) is 0 Å². The van der Waals surface area contributed by atoms with Gasteiger partial charge in [-0.2, -0.15) is 0 Å². The summed E-state index contributed by atoms with van der Waals surface area (Å²) in [6.45, 7) is 7.50. The standard InChI is InChI=1S/C14H24N4/c1-10-8-13(15-4)17-14(16-10)9-18-11(2)6-5-7-12(18)3/h8,11-12H,5-7,9H2,1-4H3,(H,15,16,17). The quantitative estimate of drug-likeness (QED) is 0.892. The molecule has 18 heavy (non-hydrogen) atoms. The number of anilines is 1. The van der Waals surface area contributed by atoms with Gasteiger partial charge in [0, 0.05) is 30.9 Å². The van der Waals surface area contributed by atoms with Gasteiger partial charge in [-0.1, -0.05) is 6.42 Å². The Kier molecular flexibility index (Phi) is 4.17. The summed E-state index contributed by atoms with van der Waals surface area (Å²) in [5, 5.41) is 3.10. The average molecular weight is 248 g/mol. The van der Waals surface area contributed by atoms with Crippen molar-refractivity contribution in [1.82, 2.24) is 14.9 Å². The van der Waals surface area contributed by atoms with Crippen LogP contribution >= 0.6 is 0 Å². The van der Waals surface area contributed by atoms with E-state index in [0.29, 0.717) is 12.1 Å². The molecule has 1 N–H and O–H groups in total. The van der Waals surface area contributed by atoms with Crippen LogP contribution in [0.4, 0.5) is 5.82 Å². The second-order valence-corrected chi connectivity index (χ2v) is 5.36. The zero-order valence-corrected chi connectivity index (χ0v) is 11.9. The van der Waals surface area contributed by atoms with Crippen LogP contribution in [0.5, 0.6) is 0 Å². The Labute approximate surface area is 110 Å². The number of hydrogen-bond acceptors (Lipinski definition) is 4. The molecule has 1 aromatic heterocycles. The highest BCUT2D eigenvalue weighted by Crippen LogP contribution is 2.24. The van der Waals surface area contributed by atoms with Gasteiger partial charge < -0.3 is 5.32 Å². The van der Waals surface area contributed by atoms with Crippen LogP contribution in [0.25, 0.3) is 0 Å². The van der Waals surface area contributed by atoms with Gasteiger partial charge in [0.1, 0.15) is 11.6 Å². The fourth-order valence-corrected chi connectivity index (χ4v) is 2.78. The Bertz CT molecular complexity index is 395. The first kappa shape index (κ1) is 13.3. The molecule has 1 fully saturated rings. The van der Waals surface area contributed by atoms with Gasteiger partial charge in [-0.05, 0) is 33.6 Å². The molecule has 1 aliphatic rings. The Morgan fingerprint density at radius 2 is 1.94 bits per heavy atom. The predicted octanol–water partition coefficient (Wildman–Crippen LogP) is 2.59. The number of hydrogen-bond donors (Lipinski definition) is 1. The first-order chi connectivity index (χ1) is 8.60. The van der Waals surface area contributed by atoms with Gasteiger partial charge >= 0.3 is 0 Å². The number of aromatic nitrogens is 2. The number of likely N-dealkylation sites (tertiary alicyclic amines) is 1. The van der Waals surface area contributed by atoms with Crippen molar-refractivity contribution in [3.05, 3.63) is 17.6 Å². The van der Waals surface area contributed by atoms with Gasteiger partial charge in [-0.3, -0.25) is 4.90 Å². The van der Waals surface area contributed by atoms with E-state index in [2.05, 4.69) is 34.0 Å². The molecule has 4 nitrogen and oxygen atoms in total. The third-order valence-corrected chi connectivity index (χ3v) is 3.86. The number of rotatable bonds is 3. The van der Waals surface area contributed by atoms with Gasteiger partial charge in [0.25, 0.3) is 0 Å². The summed E-state index contributed by atoms with van der Waals surface area (Å²) in [6.07, 6.45) is 3.92. The lowest BCUT2D eigenvalue weighted by Gasteiger charge is -2.38. The summed E-state index contributed by atoms with van der Waals surface area (Å²) >= 11 is 0. The lowest BCUT2D eigenvalue weighted by Crippen LogP contribution is -2.43. The van der Waals surface area contributed by atoms with Crippen molar-refractivity contribution < 1.29 is 0 Å². The summed E-state index contributed by atoms with van der Waals surface area (Å²) in [7, 11) is 1.90. The molecule has 0 saturated carbocycles. The van der Waals surface area contributed by atoms with Gasteiger partial charge in [0.05, 0.1) is 6.54 Å². The van der Waals surface area contributed by atoms with Crippen molar-refractivity contribution in [2.75, 3.05) is 12.4 Å². The molecule has 1 aliphatic heterocycles. The molecule has 2 atom stereocenters. The van der Waals surface area contributed by atoms with Crippen LogP contribution < -0.4 is 5.32 Å². The minimum atomic E-state index is 0.635. The van der Waals surface area contributed by atoms with Crippen LogP contribution in [0.15, 0.2) is 6.07 Å². The van der Waals surface area contributed by atoms with Crippen LogP contribution in [0.1, 0.15) is 44.6 Å². The highest BCUT2D eigenvalue weighted by molar-refractivity contribution is 5.34. The van der Waals surface area contributed by atoms with Gasteiger partial charge in [-0.15, -0.1) is 0 Å². The van der Waals surface area contributed by atoms with Crippen molar-refractivity contribution in [2.45, 2.75) is 58.7 Å². The molecular weight excluding hydrogens is 224 g/mol. The first-order valence-corrected chi connectivity index (χ1v) is 6.88. The summed E-state index contributed by atoms with van der Waals surface area (Å²) in [6, 6.07) is 3.25. The molecule has 1 saturated heterocycles. The zero-order chi connectivity index (χ0) is 13.1. The lowest BCUT2D eigenvalue weighted by atomic mass is 9.97. The molecule has 100 valence electrons. The zero-order valence-electron chi connectivity index (χ0n) is 11.9. The van der Waals surface area contributed by atoms with Crippen LogP contribution in [-0.4, -0.2) is 34.0 Å². The largest absolute Gasteiger partial charge is 0.373 e. The van der Waals surface area contributed by atoms with Gasteiger partial charge in [0.15, 0.2) is 0 Å². The van der Waals surface area contributed by atoms with E-state index in [1.54, 1.807) is 0 Å². The fraction of sp³-hybridized carbons (Fsp3) is 0.714. The van der Waals surface area contributed by atoms with Gasteiger partial charge in [-0.25, -0.2) is 9.97 Å². The maximum atomic E-state index is 4.55. The normalized spacial score (nSPS) is 25.1. The summed E-state index contributed by atoms with van der Waals surface area (Å²) in [4.78, 5) is 11.6. The van der Waals surface area contributed by atoms with E-state index in [1.165, 1.54) is 19.3 Å². The summed E-state index contributed by atoms with van der Waals surface area (Å²) in [5.74, 6) is 1.84. The monoisotopic (exact) mass is 248 g/mol. The Morgan fingerprint density at radius 1 is 1.28 bits per heavy atom. The van der Waals surface area contributed by atoms with E-state index in [9.17, 15) is 0 Å². The molecule has 0 aliphatic carbocycles. The van der Waals surface area contributed by atoms with E-state index >= 15 is 0 Å². The van der Waals surface area contributed by atoms with Crippen molar-refractivity contribution in [2.24, 2.45) is 0 Å². The number of aryl methyl sites for hydroxylation is 1. The van der Waals surface area contributed by atoms with Crippen molar-refractivity contribution in [3.8, 4) is 0 Å². The van der Waals surface area contributed by atoms with Crippen LogP contribution in [0.2, 0.25) is 0 Å². The van der Waals surface area contributed by atoms with Crippen LogP contribution in [-0.2, 0) is 6.54 Å². The molecule has 4 heteroatoms. The highest BCUT2D eigenvalue weighted by atomic mass is 15.2. The van der Waals surface area contributed by atoms with Crippen molar-refractivity contribution >= 4 is 5.82 Å². The number of nitrogens with one attached hydrogen (secondary N) is 1. The summed E-state index contributed by atoms with van der Waals surface area (Å²) < 4.78 is 0. The fourth-order valence-electron chi connectivity index (χ4n) is 2.78. The molecule has 0 bridgehead atoms. The molecule has 2 unspecified atom stereocenters. The molecule has 2 rings (SSSR count). The topological polar surface area (TPSA) is 41.1 Å². The smallest absolute Gasteiger partial charge is 0.144 e. The summed E-state index contributed by atoms with van der Waals surface area (Å²) in [5.41, 5.74) is 1.03. The van der Waals surface area contributed by atoms with E-state index in [4.69, 9.17) is 0 Å². The molecular formula is C14H24N4. The molecule has 2 heterocycles. The third kappa shape index (κ3) is 2.99. The van der Waals surface area contributed by atoms with E-state index in [1.807, 2.05) is 20.0 Å². The van der Waals surface area contributed by atoms with Crippen molar-refractivity contribution in [3.63, 3.8) is 0 Å².